The molecule has 0 fully saturated rings. The molecule has 0 bridgehead atoms. The van der Waals surface area contributed by atoms with E-state index in [1.165, 1.54) is 19.1 Å². The highest BCUT2D eigenvalue weighted by molar-refractivity contribution is 5.98. The van der Waals surface area contributed by atoms with Gasteiger partial charge in [0.2, 0.25) is 0 Å². The van der Waals surface area contributed by atoms with Gasteiger partial charge in [-0.3, -0.25) is 4.79 Å². The van der Waals surface area contributed by atoms with Crippen LogP contribution in [0.5, 0.6) is 5.75 Å². The zero-order valence-electron chi connectivity index (χ0n) is 12.7. The van der Waals surface area contributed by atoms with E-state index >= 15 is 0 Å². The smallest absolute Gasteiger partial charge is 0.491 e. The molecule has 23 heavy (non-hydrogen) atoms. The summed E-state index contributed by atoms with van der Waals surface area (Å²) in [5.74, 6) is -0.0179. The molecule has 0 aromatic heterocycles. The number of allylic oxidation sites excluding steroid dienone is 4. The maximum atomic E-state index is 12.1. The first-order valence-corrected chi connectivity index (χ1v) is 6.92. The van der Waals surface area contributed by atoms with Gasteiger partial charge >= 0.3 is 6.36 Å². The lowest BCUT2D eigenvalue weighted by atomic mass is 10.0. The van der Waals surface area contributed by atoms with E-state index in [1.807, 2.05) is 0 Å². The molecule has 1 aliphatic rings. The van der Waals surface area contributed by atoms with Crippen LogP contribution in [0.1, 0.15) is 29.8 Å². The summed E-state index contributed by atoms with van der Waals surface area (Å²) in [7, 11) is 0. The third-order valence-corrected chi connectivity index (χ3v) is 3.17. The molecule has 1 amide bonds. The van der Waals surface area contributed by atoms with Crippen molar-refractivity contribution in [1.29, 1.82) is 0 Å². The highest BCUT2D eigenvalue weighted by Crippen LogP contribution is 2.26. The minimum atomic E-state index is -4.71. The molecular formula is C16H16F3NO3. The van der Waals surface area contributed by atoms with E-state index < -0.39 is 6.36 Å². The number of fused-ring (bicyclic) bond motifs is 1. The van der Waals surface area contributed by atoms with Gasteiger partial charge in [0.05, 0.1) is 12.1 Å². The Morgan fingerprint density at radius 2 is 2.04 bits per heavy atom. The summed E-state index contributed by atoms with van der Waals surface area (Å²) in [6, 6.07) is 5.07. The third-order valence-electron chi connectivity index (χ3n) is 3.17. The Morgan fingerprint density at radius 3 is 2.74 bits per heavy atom. The van der Waals surface area contributed by atoms with Crippen LogP contribution < -0.4 is 10.1 Å². The van der Waals surface area contributed by atoms with Gasteiger partial charge in [0, 0.05) is 0 Å². The van der Waals surface area contributed by atoms with Gasteiger partial charge in [-0.2, -0.15) is 0 Å². The maximum Gasteiger partial charge on any atom is 0.572 e. The number of nitrogens with one attached hydrogen (secondary N) is 1. The Kier molecular flexibility index (Phi) is 4.98. The van der Waals surface area contributed by atoms with Crippen molar-refractivity contribution in [2.75, 3.05) is 13.2 Å². The molecule has 1 N–H and O–H groups in total. The maximum absolute atomic E-state index is 12.1. The van der Waals surface area contributed by atoms with Crippen molar-refractivity contribution in [2.24, 2.45) is 0 Å². The van der Waals surface area contributed by atoms with Crippen LogP contribution in [0.3, 0.4) is 0 Å². The Bertz CT molecular complexity index is 663. The molecule has 0 aliphatic carbocycles. The van der Waals surface area contributed by atoms with Crippen molar-refractivity contribution < 1.29 is 27.4 Å². The zero-order valence-corrected chi connectivity index (χ0v) is 12.7. The van der Waals surface area contributed by atoms with Crippen molar-refractivity contribution in [3.8, 4) is 5.75 Å². The zero-order chi connectivity index (χ0) is 17.0. The fraction of sp³-hybridized carbons (Fsp3) is 0.312. The molecule has 1 aliphatic heterocycles. The molecule has 2 rings (SSSR count). The number of hydrogen-bond donors (Lipinski definition) is 1. The number of benzene rings is 1. The molecule has 0 radical (unpaired) electrons. The van der Waals surface area contributed by atoms with E-state index in [0.717, 1.165) is 0 Å². The SMILES string of the molecule is C/C(=C\C=C(/C)c1ccc2c(c1)C(=O)NCCO2)OC(F)(F)F. The second-order valence-corrected chi connectivity index (χ2v) is 4.99. The molecule has 0 saturated carbocycles. The first-order valence-electron chi connectivity index (χ1n) is 6.92. The average Bonchev–Trinajstić information content (AvgIpc) is 2.64. The monoisotopic (exact) mass is 327 g/mol. The van der Waals surface area contributed by atoms with E-state index in [-0.39, 0.29) is 11.7 Å². The lowest BCUT2D eigenvalue weighted by Crippen LogP contribution is -2.24. The van der Waals surface area contributed by atoms with Gasteiger partial charge in [-0.25, -0.2) is 0 Å². The Labute approximate surface area is 131 Å². The second kappa shape index (κ2) is 6.76. The van der Waals surface area contributed by atoms with Crippen molar-refractivity contribution in [1.82, 2.24) is 5.32 Å². The Balaban J connectivity index is 2.23. The van der Waals surface area contributed by atoms with Gasteiger partial charge in [0.25, 0.3) is 5.91 Å². The largest absolute Gasteiger partial charge is 0.572 e. The first-order chi connectivity index (χ1) is 10.8. The van der Waals surface area contributed by atoms with Gasteiger partial charge < -0.3 is 14.8 Å². The van der Waals surface area contributed by atoms with Gasteiger partial charge in [0.15, 0.2) is 0 Å². The summed E-state index contributed by atoms with van der Waals surface area (Å²) < 4.78 is 45.5. The molecule has 0 saturated heterocycles. The van der Waals surface area contributed by atoms with Crippen molar-refractivity contribution in [2.45, 2.75) is 20.2 Å². The van der Waals surface area contributed by atoms with E-state index in [2.05, 4.69) is 10.1 Å². The van der Waals surface area contributed by atoms with E-state index in [9.17, 15) is 18.0 Å². The standard InChI is InChI=1S/C16H16F3NO3/c1-10(3-4-11(2)23-16(17,18)19)12-5-6-14-13(9-12)15(21)20-7-8-22-14/h3-6,9H,7-8H2,1-2H3,(H,20,21)/b10-3+,11-4+. The predicted molar refractivity (Wildman–Crippen MR) is 78.8 cm³/mol. The average molecular weight is 327 g/mol. The summed E-state index contributed by atoms with van der Waals surface area (Å²) in [5.41, 5.74) is 1.80. The number of amides is 1. The highest BCUT2D eigenvalue weighted by Gasteiger charge is 2.30. The van der Waals surface area contributed by atoms with E-state index in [1.54, 1.807) is 25.1 Å². The molecular weight excluding hydrogens is 311 g/mol. The predicted octanol–water partition coefficient (Wildman–Crippen LogP) is 3.65. The summed E-state index contributed by atoms with van der Waals surface area (Å²) in [4.78, 5) is 11.9. The van der Waals surface area contributed by atoms with Crippen LogP contribution in [0.15, 0.2) is 36.1 Å². The number of alkyl halides is 3. The number of carbonyl (C=O) groups is 1. The molecule has 0 spiro atoms. The minimum Gasteiger partial charge on any atom is -0.491 e. The van der Waals surface area contributed by atoms with Crippen molar-refractivity contribution >= 4 is 11.5 Å². The second-order valence-electron chi connectivity index (χ2n) is 4.99. The van der Waals surface area contributed by atoms with Crippen LogP contribution in [0.25, 0.3) is 5.57 Å². The van der Waals surface area contributed by atoms with Gasteiger partial charge in [-0.15, -0.1) is 13.2 Å². The lowest BCUT2D eigenvalue weighted by Gasteiger charge is -2.09. The fourth-order valence-corrected chi connectivity index (χ4v) is 2.05. The summed E-state index contributed by atoms with van der Waals surface area (Å²) in [5, 5.41) is 2.70. The molecule has 124 valence electrons. The number of carbonyl (C=O) groups excluding carboxylic acids is 1. The molecule has 7 heteroatoms. The van der Waals surface area contributed by atoms with E-state index in [4.69, 9.17) is 4.74 Å². The molecule has 0 unspecified atom stereocenters. The van der Waals surface area contributed by atoms with Crippen LogP contribution in [0.4, 0.5) is 13.2 Å². The van der Waals surface area contributed by atoms with Gasteiger partial charge in [-0.1, -0.05) is 12.1 Å². The minimum absolute atomic E-state index is 0.237. The van der Waals surface area contributed by atoms with Crippen molar-refractivity contribution in [3.63, 3.8) is 0 Å². The van der Waals surface area contributed by atoms with Crippen LogP contribution >= 0.6 is 0 Å². The summed E-state index contributed by atoms with van der Waals surface area (Å²) >= 11 is 0. The fourth-order valence-electron chi connectivity index (χ4n) is 2.05. The van der Waals surface area contributed by atoms with E-state index in [0.29, 0.717) is 35.6 Å². The van der Waals surface area contributed by atoms with Crippen LogP contribution in [0.2, 0.25) is 0 Å². The first kappa shape index (κ1) is 16.9. The number of ether oxygens (including phenoxy) is 2. The van der Waals surface area contributed by atoms with Crippen LogP contribution in [-0.2, 0) is 4.74 Å². The molecule has 1 heterocycles. The van der Waals surface area contributed by atoms with Crippen LogP contribution in [0, 0.1) is 0 Å². The Hall–Kier alpha value is -2.44. The molecule has 4 nitrogen and oxygen atoms in total. The molecule has 0 atom stereocenters. The van der Waals surface area contributed by atoms with Gasteiger partial charge in [-0.05, 0) is 43.2 Å². The molecule has 1 aromatic rings. The normalized spacial score (nSPS) is 16.1. The summed E-state index contributed by atoms with van der Waals surface area (Å²) in [6.07, 6.45) is -1.98. The third kappa shape index (κ3) is 4.77. The Morgan fingerprint density at radius 1 is 1.30 bits per heavy atom. The lowest BCUT2D eigenvalue weighted by molar-refractivity contribution is -0.305. The highest BCUT2D eigenvalue weighted by atomic mass is 19.4. The quantitative estimate of drug-likeness (QED) is 0.681. The van der Waals surface area contributed by atoms with Crippen LogP contribution in [-0.4, -0.2) is 25.4 Å². The topological polar surface area (TPSA) is 47.6 Å². The number of halogens is 3. The number of hydrogen-bond acceptors (Lipinski definition) is 3. The number of rotatable bonds is 3. The van der Waals surface area contributed by atoms with Gasteiger partial charge in [0.1, 0.15) is 18.1 Å². The van der Waals surface area contributed by atoms with Crippen molar-refractivity contribution in [3.05, 3.63) is 47.2 Å². The summed E-state index contributed by atoms with van der Waals surface area (Å²) in [6.45, 7) is 3.77. The molecule has 1 aromatic carbocycles.